The van der Waals surface area contributed by atoms with Crippen molar-refractivity contribution < 1.29 is 9.47 Å². The van der Waals surface area contributed by atoms with Crippen molar-refractivity contribution in [1.82, 2.24) is 5.32 Å². The van der Waals surface area contributed by atoms with Gasteiger partial charge in [-0.3, -0.25) is 0 Å². The number of fused-ring (bicyclic) bond motifs is 2. The Hall–Kier alpha value is -1.48. The molecule has 106 valence electrons. The predicted molar refractivity (Wildman–Crippen MR) is 79.1 cm³/mol. The molecule has 3 nitrogen and oxygen atoms in total. The van der Waals surface area contributed by atoms with Gasteiger partial charge >= 0.3 is 0 Å². The van der Waals surface area contributed by atoms with Gasteiger partial charge in [-0.25, -0.2) is 0 Å². The number of nitrogens with one attached hydrogen (secondary N) is 1. The molecule has 1 N–H and O–H groups in total. The van der Waals surface area contributed by atoms with Crippen molar-refractivity contribution in [2.24, 2.45) is 11.8 Å². The first-order chi connectivity index (χ1) is 9.90. The van der Waals surface area contributed by atoms with Crippen molar-refractivity contribution in [2.75, 3.05) is 19.8 Å². The molecule has 3 aliphatic rings. The van der Waals surface area contributed by atoms with Crippen molar-refractivity contribution in [3.8, 4) is 11.5 Å². The van der Waals surface area contributed by atoms with Crippen LogP contribution in [0.15, 0.2) is 24.3 Å². The van der Waals surface area contributed by atoms with E-state index in [2.05, 4.69) is 29.6 Å². The lowest BCUT2D eigenvalue weighted by Gasteiger charge is -2.18. The van der Waals surface area contributed by atoms with Gasteiger partial charge in [0.05, 0.1) is 0 Å². The van der Waals surface area contributed by atoms with E-state index in [1.165, 1.54) is 31.4 Å². The van der Waals surface area contributed by atoms with Crippen LogP contribution in [-0.2, 0) is 0 Å². The van der Waals surface area contributed by atoms with E-state index >= 15 is 0 Å². The average Bonchev–Trinajstić information content (AvgIpc) is 3.08. The zero-order chi connectivity index (χ0) is 13.4. The molecular weight excluding hydrogens is 250 g/mol. The number of benzene rings is 1. The molecule has 0 bridgehead atoms. The third-order valence-electron chi connectivity index (χ3n) is 4.86. The molecule has 1 aromatic rings. The second-order valence-corrected chi connectivity index (χ2v) is 6.05. The van der Waals surface area contributed by atoms with Crippen LogP contribution < -0.4 is 14.8 Å². The van der Waals surface area contributed by atoms with Crippen LogP contribution in [0.5, 0.6) is 11.5 Å². The first-order valence-electron chi connectivity index (χ1n) is 7.71. The molecule has 0 spiro atoms. The smallest absolute Gasteiger partial charge is 0.161 e. The summed E-state index contributed by atoms with van der Waals surface area (Å²) in [6.07, 6.45) is 8.75. The summed E-state index contributed by atoms with van der Waals surface area (Å²) in [6.45, 7) is 2.49. The molecule has 3 atom stereocenters. The highest BCUT2D eigenvalue weighted by atomic mass is 16.6. The van der Waals surface area contributed by atoms with Crippen molar-refractivity contribution in [3.63, 3.8) is 0 Å². The second kappa shape index (κ2) is 5.13. The summed E-state index contributed by atoms with van der Waals surface area (Å²) in [5.74, 6) is 3.49. The van der Waals surface area contributed by atoms with E-state index in [0.29, 0.717) is 19.3 Å². The highest BCUT2D eigenvalue weighted by molar-refractivity contribution is 5.56. The summed E-state index contributed by atoms with van der Waals surface area (Å²) in [6, 6.07) is 6.74. The number of rotatable bonds is 2. The molecule has 0 radical (unpaired) electrons. The van der Waals surface area contributed by atoms with Crippen LogP contribution in [0.2, 0.25) is 0 Å². The number of hydrogen-bond donors (Lipinski definition) is 1. The molecule has 3 unspecified atom stereocenters. The summed E-state index contributed by atoms with van der Waals surface area (Å²) < 4.78 is 11.2. The van der Waals surface area contributed by atoms with Gasteiger partial charge in [0, 0.05) is 6.04 Å². The van der Waals surface area contributed by atoms with E-state index in [4.69, 9.17) is 9.47 Å². The third-order valence-corrected chi connectivity index (χ3v) is 4.86. The molecule has 20 heavy (non-hydrogen) atoms. The minimum absolute atomic E-state index is 0.552. The van der Waals surface area contributed by atoms with Crippen molar-refractivity contribution >= 4 is 6.08 Å². The molecular formula is C17H21NO2. The topological polar surface area (TPSA) is 30.5 Å². The molecule has 2 fully saturated rings. The predicted octanol–water partition coefficient (Wildman–Crippen LogP) is 2.86. The third kappa shape index (κ3) is 2.20. The van der Waals surface area contributed by atoms with E-state index < -0.39 is 0 Å². The fourth-order valence-corrected chi connectivity index (χ4v) is 3.82. The average molecular weight is 271 g/mol. The highest BCUT2D eigenvalue weighted by Gasteiger charge is 2.37. The van der Waals surface area contributed by atoms with Gasteiger partial charge in [-0.05, 0) is 48.9 Å². The lowest BCUT2D eigenvalue weighted by molar-refractivity contribution is 0.171. The summed E-state index contributed by atoms with van der Waals surface area (Å²) in [4.78, 5) is 0. The zero-order valence-electron chi connectivity index (χ0n) is 11.7. The van der Waals surface area contributed by atoms with E-state index in [0.717, 1.165) is 23.3 Å². The Balaban J connectivity index is 1.49. The quantitative estimate of drug-likeness (QED) is 0.897. The summed E-state index contributed by atoms with van der Waals surface area (Å²) >= 11 is 0. The van der Waals surface area contributed by atoms with E-state index in [1.807, 2.05) is 6.07 Å². The molecule has 2 aliphatic heterocycles. The Morgan fingerprint density at radius 1 is 1.10 bits per heavy atom. The summed E-state index contributed by atoms with van der Waals surface area (Å²) in [7, 11) is 0. The zero-order valence-corrected chi connectivity index (χ0v) is 11.7. The fraction of sp³-hybridized carbons (Fsp3) is 0.529. The van der Waals surface area contributed by atoms with Crippen LogP contribution in [0.1, 0.15) is 24.8 Å². The normalized spacial score (nSPS) is 31.7. The number of ether oxygens (including phenoxy) is 2. The Labute approximate surface area is 120 Å². The van der Waals surface area contributed by atoms with Crippen LogP contribution in [0.3, 0.4) is 0 Å². The molecule has 1 aliphatic carbocycles. The van der Waals surface area contributed by atoms with Crippen LogP contribution in [-0.4, -0.2) is 25.8 Å². The van der Waals surface area contributed by atoms with Gasteiger partial charge in [0.2, 0.25) is 0 Å². The van der Waals surface area contributed by atoms with Crippen LogP contribution in [0, 0.1) is 11.8 Å². The van der Waals surface area contributed by atoms with Gasteiger partial charge in [0.15, 0.2) is 11.5 Å². The minimum Gasteiger partial charge on any atom is -0.486 e. The second-order valence-electron chi connectivity index (χ2n) is 6.05. The molecule has 1 saturated heterocycles. The largest absolute Gasteiger partial charge is 0.486 e. The van der Waals surface area contributed by atoms with Gasteiger partial charge < -0.3 is 14.8 Å². The Morgan fingerprint density at radius 2 is 2.00 bits per heavy atom. The Kier molecular flexibility index (Phi) is 3.15. The SMILES string of the molecule is C(=C\C1NCC2CCCC21)/c1ccc2c(c1)OCCO2. The molecule has 1 saturated carbocycles. The molecule has 0 amide bonds. The van der Waals surface area contributed by atoms with Crippen LogP contribution in [0.25, 0.3) is 6.08 Å². The summed E-state index contributed by atoms with van der Waals surface area (Å²) in [5.41, 5.74) is 1.19. The number of hydrogen-bond acceptors (Lipinski definition) is 3. The maximum Gasteiger partial charge on any atom is 0.161 e. The monoisotopic (exact) mass is 271 g/mol. The first kappa shape index (κ1) is 12.3. The highest BCUT2D eigenvalue weighted by Crippen LogP contribution is 2.38. The van der Waals surface area contributed by atoms with Crippen molar-refractivity contribution in [3.05, 3.63) is 29.8 Å². The van der Waals surface area contributed by atoms with E-state index in [1.54, 1.807) is 0 Å². The molecule has 4 rings (SSSR count). The maximum absolute atomic E-state index is 5.63. The van der Waals surface area contributed by atoms with E-state index in [-0.39, 0.29) is 0 Å². The standard InChI is InChI=1S/C17H21NO2/c1-2-13-11-18-15(14(13)3-1)6-4-12-5-7-16-17(10-12)20-9-8-19-16/h4-7,10,13-15,18H,1-3,8-9,11H2/b6-4+. The van der Waals surface area contributed by atoms with Crippen LogP contribution >= 0.6 is 0 Å². The van der Waals surface area contributed by atoms with Crippen molar-refractivity contribution in [1.29, 1.82) is 0 Å². The Bertz CT molecular complexity index is 526. The molecule has 1 aromatic carbocycles. The van der Waals surface area contributed by atoms with Crippen molar-refractivity contribution in [2.45, 2.75) is 25.3 Å². The van der Waals surface area contributed by atoms with Gasteiger partial charge in [0.25, 0.3) is 0 Å². The lowest BCUT2D eigenvalue weighted by Crippen LogP contribution is -2.23. The Morgan fingerprint density at radius 3 is 2.95 bits per heavy atom. The maximum atomic E-state index is 5.63. The van der Waals surface area contributed by atoms with Gasteiger partial charge in [0.1, 0.15) is 13.2 Å². The summed E-state index contributed by atoms with van der Waals surface area (Å²) in [5, 5.41) is 3.65. The molecule has 2 heterocycles. The minimum atomic E-state index is 0.552. The van der Waals surface area contributed by atoms with Gasteiger partial charge in [-0.2, -0.15) is 0 Å². The fourth-order valence-electron chi connectivity index (χ4n) is 3.82. The first-order valence-corrected chi connectivity index (χ1v) is 7.71. The van der Waals surface area contributed by atoms with Crippen LogP contribution in [0.4, 0.5) is 0 Å². The lowest BCUT2D eigenvalue weighted by atomic mass is 9.93. The van der Waals surface area contributed by atoms with Gasteiger partial charge in [-0.1, -0.05) is 24.6 Å². The van der Waals surface area contributed by atoms with Gasteiger partial charge in [-0.15, -0.1) is 0 Å². The molecule has 3 heteroatoms. The molecule has 0 aromatic heterocycles. The van der Waals surface area contributed by atoms with E-state index in [9.17, 15) is 0 Å².